The summed E-state index contributed by atoms with van der Waals surface area (Å²) in [5.74, 6) is 0.312. The van der Waals surface area contributed by atoms with E-state index in [1.165, 1.54) is 0 Å². The van der Waals surface area contributed by atoms with E-state index in [2.05, 4.69) is 29.5 Å². The van der Waals surface area contributed by atoms with Crippen LogP contribution in [0.3, 0.4) is 0 Å². The minimum absolute atomic E-state index is 0.200. The number of rotatable bonds is 10. The molecule has 1 heterocycles. The molecule has 31 heavy (non-hydrogen) atoms. The van der Waals surface area contributed by atoms with Gasteiger partial charge in [0.05, 0.1) is 16.6 Å². The Morgan fingerprint density at radius 1 is 1.13 bits per heavy atom. The van der Waals surface area contributed by atoms with Crippen LogP contribution >= 0.6 is 23.2 Å². The number of hydrogen-bond acceptors (Lipinski definition) is 5. The number of carbonyl (C=O) groups is 2. The summed E-state index contributed by atoms with van der Waals surface area (Å²) in [6, 6.07) is 7.85. The average molecular weight is 466 g/mol. The molecule has 0 bridgehead atoms. The molecular formula is C22H29Cl2N5O2. The predicted molar refractivity (Wildman–Crippen MR) is 125 cm³/mol. The van der Waals surface area contributed by atoms with E-state index in [4.69, 9.17) is 28.9 Å². The van der Waals surface area contributed by atoms with E-state index in [1.54, 1.807) is 36.5 Å². The first-order chi connectivity index (χ1) is 14.6. The summed E-state index contributed by atoms with van der Waals surface area (Å²) in [5, 5.41) is 6.52. The third-order valence-electron chi connectivity index (χ3n) is 4.48. The lowest BCUT2D eigenvalue weighted by Gasteiger charge is -2.22. The van der Waals surface area contributed by atoms with Crippen LogP contribution < -0.4 is 16.4 Å². The number of amides is 2. The summed E-state index contributed by atoms with van der Waals surface area (Å²) in [7, 11) is 1.88. The highest BCUT2D eigenvalue weighted by molar-refractivity contribution is 6.42. The summed E-state index contributed by atoms with van der Waals surface area (Å²) >= 11 is 12.1. The number of likely N-dealkylation sites (N-methyl/N-ethyl adjacent to an activating group) is 1. The van der Waals surface area contributed by atoms with Crippen molar-refractivity contribution in [3.05, 3.63) is 57.7 Å². The SMILES string of the molecule is CC(C)CN(C)CC(=O)NC(Cc1ccc(Cl)c(Cl)c1)C(=O)NCc1ccc(N)nc1. The Hall–Kier alpha value is -2.35. The zero-order valence-corrected chi connectivity index (χ0v) is 19.5. The third kappa shape index (κ3) is 8.73. The van der Waals surface area contributed by atoms with Gasteiger partial charge in [0, 0.05) is 25.7 Å². The summed E-state index contributed by atoms with van der Waals surface area (Å²) in [4.78, 5) is 31.4. The van der Waals surface area contributed by atoms with Crippen molar-refractivity contribution < 1.29 is 9.59 Å². The number of nitrogens with zero attached hydrogens (tertiary/aromatic N) is 2. The van der Waals surface area contributed by atoms with Gasteiger partial charge < -0.3 is 16.4 Å². The van der Waals surface area contributed by atoms with Gasteiger partial charge in [-0.2, -0.15) is 0 Å². The van der Waals surface area contributed by atoms with Crippen molar-refractivity contribution in [3.8, 4) is 0 Å². The molecule has 1 aromatic heterocycles. The van der Waals surface area contributed by atoms with Crippen molar-refractivity contribution in [3.63, 3.8) is 0 Å². The molecule has 9 heteroatoms. The molecule has 0 aliphatic rings. The Morgan fingerprint density at radius 2 is 1.84 bits per heavy atom. The van der Waals surface area contributed by atoms with Gasteiger partial charge in [-0.25, -0.2) is 4.98 Å². The van der Waals surface area contributed by atoms with Gasteiger partial charge in [0.2, 0.25) is 11.8 Å². The number of aromatic nitrogens is 1. The number of hydrogen-bond donors (Lipinski definition) is 3. The van der Waals surface area contributed by atoms with Crippen molar-refractivity contribution in [1.29, 1.82) is 0 Å². The molecule has 4 N–H and O–H groups in total. The fourth-order valence-corrected chi connectivity index (χ4v) is 3.46. The largest absolute Gasteiger partial charge is 0.384 e. The van der Waals surface area contributed by atoms with E-state index in [0.717, 1.165) is 17.7 Å². The van der Waals surface area contributed by atoms with Gasteiger partial charge in [0.25, 0.3) is 0 Å². The Morgan fingerprint density at radius 3 is 2.45 bits per heavy atom. The summed E-state index contributed by atoms with van der Waals surface area (Å²) in [6.45, 7) is 5.42. The molecule has 0 saturated carbocycles. The van der Waals surface area contributed by atoms with Gasteiger partial charge in [0.15, 0.2) is 0 Å². The fourth-order valence-electron chi connectivity index (χ4n) is 3.14. The van der Waals surface area contributed by atoms with Crippen molar-refractivity contribution in [2.45, 2.75) is 32.9 Å². The Kier molecular flexibility index (Phi) is 9.55. The molecule has 1 atom stereocenters. The maximum Gasteiger partial charge on any atom is 0.243 e. The lowest BCUT2D eigenvalue weighted by molar-refractivity contribution is -0.129. The average Bonchev–Trinajstić information content (AvgIpc) is 2.68. The standard InChI is InChI=1S/C22H29Cl2N5O2/c1-14(2)12-29(3)13-21(30)28-19(9-15-4-6-17(23)18(24)8-15)22(31)27-11-16-5-7-20(25)26-10-16/h4-8,10,14,19H,9,11-13H2,1-3H3,(H2,25,26)(H,27,31)(H,28,30). The Balaban J connectivity index is 2.07. The zero-order chi connectivity index (χ0) is 23.0. The third-order valence-corrected chi connectivity index (χ3v) is 5.22. The molecule has 0 radical (unpaired) electrons. The minimum atomic E-state index is -0.765. The number of anilines is 1. The molecule has 0 saturated heterocycles. The number of pyridine rings is 1. The molecule has 0 spiro atoms. The number of benzene rings is 1. The second-order valence-electron chi connectivity index (χ2n) is 7.97. The van der Waals surface area contributed by atoms with Gasteiger partial charge in [-0.3, -0.25) is 14.5 Å². The van der Waals surface area contributed by atoms with E-state index >= 15 is 0 Å². The van der Waals surface area contributed by atoms with Crippen LogP contribution in [0.25, 0.3) is 0 Å². The number of nitrogen functional groups attached to an aromatic ring is 1. The van der Waals surface area contributed by atoms with Gasteiger partial charge in [0.1, 0.15) is 11.9 Å². The normalized spacial score (nSPS) is 12.1. The molecule has 0 aliphatic heterocycles. The highest BCUT2D eigenvalue weighted by Gasteiger charge is 2.22. The van der Waals surface area contributed by atoms with Crippen LogP contribution in [0.1, 0.15) is 25.0 Å². The first-order valence-corrected chi connectivity index (χ1v) is 10.8. The van der Waals surface area contributed by atoms with Crippen molar-refractivity contribution in [2.75, 3.05) is 25.9 Å². The quantitative estimate of drug-likeness (QED) is 0.500. The van der Waals surface area contributed by atoms with Crippen LogP contribution in [0.4, 0.5) is 5.82 Å². The molecule has 7 nitrogen and oxygen atoms in total. The number of nitrogens with two attached hydrogens (primary N) is 1. The van der Waals surface area contributed by atoms with Crippen molar-refractivity contribution in [2.24, 2.45) is 5.92 Å². The van der Waals surface area contributed by atoms with E-state index in [9.17, 15) is 9.59 Å². The van der Waals surface area contributed by atoms with E-state index < -0.39 is 6.04 Å². The van der Waals surface area contributed by atoms with E-state index in [0.29, 0.717) is 21.8 Å². The molecular weight excluding hydrogens is 437 g/mol. The van der Waals surface area contributed by atoms with Crippen LogP contribution in [-0.4, -0.2) is 47.9 Å². The maximum absolute atomic E-state index is 12.9. The lowest BCUT2D eigenvalue weighted by atomic mass is 10.0. The molecule has 2 amide bonds. The van der Waals surface area contributed by atoms with Crippen LogP contribution in [0.5, 0.6) is 0 Å². The number of nitrogens with one attached hydrogen (secondary N) is 2. The number of halogens is 2. The monoisotopic (exact) mass is 465 g/mol. The lowest BCUT2D eigenvalue weighted by Crippen LogP contribution is -2.50. The first-order valence-electron chi connectivity index (χ1n) is 10.0. The highest BCUT2D eigenvalue weighted by atomic mass is 35.5. The van der Waals surface area contributed by atoms with Gasteiger partial charge in [-0.15, -0.1) is 0 Å². The summed E-state index contributed by atoms with van der Waals surface area (Å²) in [5.41, 5.74) is 7.19. The maximum atomic E-state index is 12.9. The minimum Gasteiger partial charge on any atom is -0.384 e. The van der Waals surface area contributed by atoms with Crippen molar-refractivity contribution >= 4 is 40.8 Å². The highest BCUT2D eigenvalue weighted by Crippen LogP contribution is 2.23. The van der Waals surface area contributed by atoms with Crippen LogP contribution in [0.2, 0.25) is 10.0 Å². The first kappa shape index (κ1) is 24.9. The van der Waals surface area contributed by atoms with Gasteiger partial charge in [-0.05, 0) is 42.3 Å². The van der Waals surface area contributed by atoms with Crippen LogP contribution in [-0.2, 0) is 22.6 Å². The Bertz CT molecular complexity index is 890. The van der Waals surface area contributed by atoms with Gasteiger partial charge >= 0.3 is 0 Å². The molecule has 2 rings (SSSR count). The Labute approximate surface area is 193 Å². The fraction of sp³-hybridized carbons (Fsp3) is 0.409. The molecule has 1 unspecified atom stereocenters. The van der Waals surface area contributed by atoms with Crippen molar-refractivity contribution in [1.82, 2.24) is 20.5 Å². The second kappa shape index (κ2) is 11.9. The van der Waals surface area contributed by atoms with E-state index in [-0.39, 0.29) is 31.3 Å². The molecule has 1 aromatic carbocycles. The molecule has 2 aromatic rings. The zero-order valence-electron chi connectivity index (χ0n) is 18.0. The predicted octanol–water partition coefficient (Wildman–Crippen LogP) is 2.90. The smallest absolute Gasteiger partial charge is 0.243 e. The molecule has 168 valence electrons. The second-order valence-corrected chi connectivity index (χ2v) is 8.79. The summed E-state index contributed by atoms with van der Waals surface area (Å²) < 4.78 is 0. The van der Waals surface area contributed by atoms with E-state index in [1.807, 2.05) is 11.9 Å². The van der Waals surface area contributed by atoms with Gasteiger partial charge in [-0.1, -0.05) is 49.2 Å². The van der Waals surface area contributed by atoms with Crippen LogP contribution in [0.15, 0.2) is 36.5 Å². The topological polar surface area (TPSA) is 100 Å². The van der Waals surface area contributed by atoms with Crippen LogP contribution in [0, 0.1) is 5.92 Å². The molecule has 0 aliphatic carbocycles. The summed E-state index contributed by atoms with van der Waals surface area (Å²) in [6.07, 6.45) is 1.88. The molecule has 0 fully saturated rings. The number of carbonyl (C=O) groups excluding carboxylic acids is 2.